The summed E-state index contributed by atoms with van der Waals surface area (Å²) in [6, 6.07) is 6.28. The van der Waals surface area contributed by atoms with Gasteiger partial charge in [0, 0.05) is 6.26 Å². The summed E-state index contributed by atoms with van der Waals surface area (Å²) < 4.78 is 23.2. The lowest BCUT2D eigenvalue weighted by Crippen LogP contribution is -2.43. The molecule has 0 spiro atoms. The molecule has 0 aliphatic carbocycles. The van der Waals surface area contributed by atoms with Crippen LogP contribution in [0.5, 0.6) is 0 Å². The predicted molar refractivity (Wildman–Crippen MR) is 69.5 cm³/mol. The third-order valence-corrected chi connectivity index (χ3v) is 4.03. The maximum Gasteiger partial charge on any atom is 0.329 e. The van der Waals surface area contributed by atoms with Crippen LogP contribution in [-0.4, -0.2) is 31.3 Å². The molecule has 100 valence electrons. The van der Waals surface area contributed by atoms with Crippen LogP contribution >= 0.6 is 0 Å². The van der Waals surface area contributed by atoms with Crippen molar-refractivity contribution in [3.05, 3.63) is 24.3 Å². The number of hydrogen-bond acceptors (Lipinski definition) is 4. The van der Waals surface area contributed by atoms with Crippen LogP contribution in [0.1, 0.15) is 20.3 Å². The number of carboxylic acids is 1. The predicted octanol–water partition coefficient (Wildman–Crippen LogP) is 1.76. The molecule has 0 aliphatic rings. The Morgan fingerprint density at radius 1 is 1.39 bits per heavy atom. The molecule has 0 saturated heterocycles. The van der Waals surface area contributed by atoms with E-state index in [0.29, 0.717) is 12.1 Å². The number of anilines is 1. The molecule has 0 fully saturated rings. The van der Waals surface area contributed by atoms with Gasteiger partial charge in [0.25, 0.3) is 0 Å². The Bertz CT molecular complexity index is 553. The fraction of sp³-hybridized carbons (Fsp3) is 0.417. The Hall–Kier alpha value is -1.56. The highest BCUT2D eigenvalue weighted by Crippen LogP contribution is 2.25. The SMILES string of the molecule is CCC(C)(Nc1ccccc1S(C)(=O)=O)C(=O)O. The van der Waals surface area contributed by atoms with E-state index in [9.17, 15) is 18.3 Å². The van der Waals surface area contributed by atoms with E-state index in [4.69, 9.17) is 0 Å². The van der Waals surface area contributed by atoms with Gasteiger partial charge in [-0.3, -0.25) is 0 Å². The lowest BCUT2D eigenvalue weighted by Gasteiger charge is -2.26. The molecule has 1 rings (SSSR count). The fourth-order valence-electron chi connectivity index (χ4n) is 1.48. The molecule has 5 nitrogen and oxygen atoms in total. The maximum atomic E-state index is 11.6. The molecule has 0 amide bonds. The average molecular weight is 271 g/mol. The standard InChI is InChI=1S/C12H17NO4S/c1-4-12(2,11(14)15)13-9-7-5-6-8-10(9)18(3,16)17/h5-8,13H,4H2,1-3H3,(H,14,15). The van der Waals surface area contributed by atoms with Crippen LogP contribution in [0.15, 0.2) is 29.2 Å². The van der Waals surface area contributed by atoms with Gasteiger partial charge in [-0.05, 0) is 25.5 Å². The summed E-state index contributed by atoms with van der Waals surface area (Å²) in [5, 5.41) is 12.0. The molecule has 1 atom stereocenters. The minimum atomic E-state index is -3.40. The summed E-state index contributed by atoms with van der Waals surface area (Å²) in [6.45, 7) is 3.25. The van der Waals surface area contributed by atoms with Gasteiger partial charge in [0.05, 0.1) is 10.6 Å². The van der Waals surface area contributed by atoms with Crippen LogP contribution in [0.2, 0.25) is 0 Å². The Kier molecular flexibility index (Phi) is 4.01. The lowest BCUT2D eigenvalue weighted by molar-refractivity contribution is -0.141. The van der Waals surface area contributed by atoms with Crippen molar-refractivity contribution in [2.24, 2.45) is 0 Å². The van der Waals surface area contributed by atoms with Crippen LogP contribution < -0.4 is 5.32 Å². The second-order valence-corrected chi connectivity index (χ2v) is 6.37. The molecule has 0 radical (unpaired) electrons. The Balaban J connectivity index is 3.24. The van der Waals surface area contributed by atoms with Crippen LogP contribution in [0.25, 0.3) is 0 Å². The van der Waals surface area contributed by atoms with E-state index in [2.05, 4.69) is 5.32 Å². The number of benzene rings is 1. The zero-order chi connectivity index (χ0) is 14.0. The lowest BCUT2D eigenvalue weighted by atomic mass is 9.99. The number of sulfone groups is 1. The molecule has 1 aromatic rings. The molecule has 1 unspecified atom stereocenters. The first-order chi connectivity index (χ1) is 8.20. The summed E-state index contributed by atoms with van der Waals surface area (Å²) in [5.41, 5.74) is -0.882. The van der Waals surface area contributed by atoms with Crippen molar-refractivity contribution in [3.63, 3.8) is 0 Å². The largest absolute Gasteiger partial charge is 0.480 e. The first-order valence-corrected chi connectivity index (χ1v) is 7.40. The highest BCUT2D eigenvalue weighted by Gasteiger charge is 2.32. The summed E-state index contributed by atoms with van der Waals surface area (Å²) >= 11 is 0. The van der Waals surface area contributed by atoms with Gasteiger partial charge in [0.1, 0.15) is 5.54 Å². The third-order valence-electron chi connectivity index (χ3n) is 2.88. The number of rotatable bonds is 5. The minimum Gasteiger partial charge on any atom is -0.480 e. The normalized spacial score (nSPS) is 14.8. The first kappa shape index (κ1) is 14.5. The molecular formula is C12H17NO4S. The number of carbonyl (C=O) groups is 1. The zero-order valence-corrected chi connectivity index (χ0v) is 11.4. The topological polar surface area (TPSA) is 83.5 Å². The molecule has 0 aliphatic heterocycles. The van der Waals surface area contributed by atoms with Gasteiger partial charge < -0.3 is 10.4 Å². The van der Waals surface area contributed by atoms with Gasteiger partial charge in [-0.15, -0.1) is 0 Å². The number of aliphatic carboxylic acids is 1. The average Bonchev–Trinajstić information content (AvgIpc) is 2.28. The van der Waals surface area contributed by atoms with Crippen LogP contribution in [-0.2, 0) is 14.6 Å². The van der Waals surface area contributed by atoms with Gasteiger partial charge >= 0.3 is 5.97 Å². The number of carboxylic acid groups (broad SMARTS) is 1. The van der Waals surface area contributed by atoms with E-state index < -0.39 is 21.3 Å². The van der Waals surface area contributed by atoms with Gasteiger partial charge in [0.15, 0.2) is 9.84 Å². The van der Waals surface area contributed by atoms with E-state index in [0.717, 1.165) is 6.26 Å². The van der Waals surface area contributed by atoms with Crippen molar-refractivity contribution >= 4 is 21.5 Å². The molecule has 0 aromatic heterocycles. The molecule has 0 saturated carbocycles. The highest BCUT2D eigenvalue weighted by atomic mass is 32.2. The van der Waals surface area contributed by atoms with Crippen molar-refractivity contribution in [1.29, 1.82) is 0 Å². The van der Waals surface area contributed by atoms with Crippen molar-refractivity contribution in [2.45, 2.75) is 30.7 Å². The van der Waals surface area contributed by atoms with E-state index in [1.165, 1.54) is 13.0 Å². The summed E-state index contributed by atoms with van der Waals surface area (Å²) in [5.74, 6) is -1.02. The quantitative estimate of drug-likeness (QED) is 0.852. The zero-order valence-electron chi connectivity index (χ0n) is 10.6. The first-order valence-electron chi connectivity index (χ1n) is 5.51. The summed E-state index contributed by atoms with van der Waals surface area (Å²) in [4.78, 5) is 11.3. The Labute approximate surface area is 107 Å². The third kappa shape index (κ3) is 3.01. The van der Waals surface area contributed by atoms with Crippen LogP contribution in [0.4, 0.5) is 5.69 Å². The van der Waals surface area contributed by atoms with Crippen molar-refractivity contribution in [3.8, 4) is 0 Å². The van der Waals surface area contributed by atoms with E-state index in [1.807, 2.05) is 0 Å². The van der Waals surface area contributed by atoms with E-state index in [1.54, 1.807) is 25.1 Å². The molecule has 6 heteroatoms. The van der Waals surface area contributed by atoms with Crippen LogP contribution in [0, 0.1) is 0 Å². The molecule has 0 bridgehead atoms. The molecular weight excluding hydrogens is 254 g/mol. The monoisotopic (exact) mass is 271 g/mol. The van der Waals surface area contributed by atoms with Gasteiger partial charge in [-0.2, -0.15) is 0 Å². The molecule has 1 aromatic carbocycles. The van der Waals surface area contributed by atoms with E-state index in [-0.39, 0.29) is 4.90 Å². The highest BCUT2D eigenvalue weighted by molar-refractivity contribution is 7.90. The van der Waals surface area contributed by atoms with Gasteiger partial charge in [-0.25, -0.2) is 13.2 Å². The second-order valence-electron chi connectivity index (χ2n) is 4.38. The molecule has 2 N–H and O–H groups in total. The fourth-order valence-corrected chi connectivity index (χ4v) is 2.33. The number of para-hydroxylation sites is 1. The second kappa shape index (κ2) is 4.97. The Morgan fingerprint density at radius 2 is 1.94 bits per heavy atom. The summed E-state index contributed by atoms with van der Waals surface area (Å²) in [6.07, 6.45) is 1.43. The Morgan fingerprint density at radius 3 is 2.39 bits per heavy atom. The maximum absolute atomic E-state index is 11.6. The smallest absolute Gasteiger partial charge is 0.329 e. The summed E-state index contributed by atoms with van der Waals surface area (Å²) in [7, 11) is -3.40. The number of nitrogens with one attached hydrogen (secondary N) is 1. The minimum absolute atomic E-state index is 0.103. The van der Waals surface area contributed by atoms with Crippen molar-refractivity contribution < 1.29 is 18.3 Å². The van der Waals surface area contributed by atoms with Crippen molar-refractivity contribution in [2.75, 3.05) is 11.6 Å². The van der Waals surface area contributed by atoms with E-state index >= 15 is 0 Å². The number of hydrogen-bond donors (Lipinski definition) is 2. The van der Waals surface area contributed by atoms with Gasteiger partial charge in [-0.1, -0.05) is 19.1 Å². The molecule has 18 heavy (non-hydrogen) atoms. The van der Waals surface area contributed by atoms with Gasteiger partial charge in [0.2, 0.25) is 0 Å². The van der Waals surface area contributed by atoms with Crippen molar-refractivity contribution in [1.82, 2.24) is 0 Å². The molecule has 0 heterocycles. The van der Waals surface area contributed by atoms with Crippen LogP contribution in [0.3, 0.4) is 0 Å².